The molecule has 1 aromatic rings. The van der Waals surface area contributed by atoms with E-state index in [0.717, 1.165) is 12.8 Å². The van der Waals surface area contributed by atoms with E-state index in [1.807, 2.05) is 0 Å². The maximum atomic E-state index is 11.9. The van der Waals surface area contributed by atoms with E-state index >= 15 is 0 Å². The van der Waals surface area contributed by atoms with Crippen LogP contribution < -0.4 is 0 Å². The number of phenolic OH excluding ortho intramolecular Hbond substituents is 1. The first kappa shape index (κ1) is 41.5. The molecule has 252 valence electrons. The maximum absolute atomic E-state index is 11.9. The first-order valence-electron chi connectivity index (χ1n) is 19.1. The van der Waals surface area contributed by atoms with Gasteiger partial charge < -0.3 is 9.84 Å². The minimum atomic E-state index is -0.301. The van der Waals surface area contributed by atoms with Crippen molar-refractivity contribution in [3.63, 3.8) is 0 Å². The molecule has 3 nitrogen and oxygen atoms in total. The van der Waals surface area contributed by atoms with Crippen molar-refractivity contribution in [2.75, 3.05) is 6.61 Å². The molecule has 0 heterocycles. The lowest BCUT2D eigenvalue weighted by atomic mass is 10.0. The smallest absolute Gasteiger partial charge is 0.338 e. The second kappa shape index (κ2) is 35.0. The lowest BCUT2D eigenvalue weighted by Gasteiger charge is -2.05. The minimum absolute atomic E-state index is 0.164. The lowest BCUT2D eigenvalue weighted by molar-refractivity contribution is 0.0497. The molecule has 0 bridgehead atoms. The zero-order valence-corrected chi connectivity index (χ0v) is 29.3. The number of ether oxygens (including phenoxy) is 1. The van der Waals surface area contributed by atoms with Crippen LogP contribution in [0.3, 0.4) is 0 Å². The zero-order chi connectivity index (χ0) is 31.5. The highest BCUT2D eigenvalue weighted by molar-refractivity contribution is 5.89. The summed E-state index contributed by atoms with van der Waals surface area (Å²) >= 11 is 0. The average molecular weight is 603 g/mol. The Labute approximate surface area is 269 Å². The third-order valence-electron chi connectivity index (χ3n) is 8.58. The molecule has 1 aromatic carbocycles. The maximum Gasteiger partial charge on any atom is 0.338 e. The van der Waals surface area contributed by atoms with E-state index in [1.165, 1.54) is 185 Å². The monoisotopic (exact) mass is 603 g/mol. The van der Waals surface area contributed by atoms with E-state index in [2.05, 4.69) is 20.8 Å². The molecule has 0 unspecified atom stereocenters. The molecule has 0 aromatic heterocycles. The van der Waals surface area contributed by atoms with Crippen molar-refractivity contribution >= 4 is 5.97 Å². The van der Waals surface area contributed by atoms with Crippen LogP contribution in [0.5, 0.6) is 5.75 Å². The number of hydrogen-bond donors (Lipinski definition) is 1. The number of unbranched alkanes of at least 4 members (excludes halogenated alkanes) is 27. The van der Waals surface area contributed by atoms with Gasteiger partial charge in [0.05, 0.1) is 12.2 Å². The van der Waals surface area contributed by atoms with E-state index in [4.69, 9.17) is 4.74 Å². The van der Waals surface area contributed by atoms with Gasteiger partial charge in [-0.25, -0.2) is 4.79 Å². The molecule has 0 aliphatic carbocycles. The van der Waals surface area contributed by atoms with Crippen LogP contribution in [-0.4, -0.2) is 17.7 Å². The number of rotatable bonds is 30. The normalized spacial score (nSPS) is 10.9. The summed E-state index contributed by atoms with van der Waals surface area (Å²) in [7, 11) is 0. The summed E-state index contributed by atoms with van der Waals surface area (Å²) in [6, 6.07) is 6.22. The predicted molar refractivity (Wildman–Crippen MR) is 189 cm³/mol. The Kier molecular flexibility index (Phi) is 33.7. The number of aromatic hydroxyl groups is 1. The van der Waals surface area contributed by atoms with Gasteiger partial charge in [-0.1, -0.05) is 201 Å². The fourth-order valence-corrected chi connectivity index (χ4v) is 5.44. The Bertz CT molecular complexity index is 667. The molecule has 1 rings (SSSR count). The fourth-order valence-electron chi connectivity index (χ4n) is 5.44. The molecule has 1 N–H and O–H groups in total. The topological polar surface area (TPSA) is 46.5 Å². The van der Waals surface area contributed by atoms with Gasteiger partial charge >= 0.3 is 5.97 Å². The number of carbonyl (C=O) groups excluding carboxylic acids is 1. The molecule has 3 heteroatoms. The second-order valence-electron chi connectivity index (χ2n) is 12.9. The third kappa shape index (κ3) is 31.7. The molecule has 43 heavy (non-hydrogen) atoms. The Morgan fingerprint density at radius 3 is 1.00 bits per heavy atom. The van der Waals surface area contributed by atoms with Crippen LogP contribution in [-0.2, 0) is 4.74 Å². The summed E-state index contributed by atoms with van der Waals surface area (Å²) in [4.78, 5) is 11.9. The number of carbonyl (C=O) groups is 1. The van der Waals surface area contributed by atoms with Crippen molar-refractivity contribution < 1.29 is 14.6 Å². The molecule has 0 radical (unpaired) electrons. The van der Waals surface area contributed by atoms with Crippen LogP contribution in [0.4, 0.5) is 0 Å². The van der Waals surface area contributed by atoms with Gasteiger partial charge in [0, 0.05) is 0 Å². The number of benzene rings is 1. The Morgan fingerprint density at radius 2 is 0.721 bits per heavy atom. The quantitative estimate of drug-likeness (QED) is 0.0703. The molecule has 0 saturated heterocycles. The van der Waals surface area contributed by atoms with Crippen LogP contribution in [0.2, 0.25) is 0 Å². The van der Waals surface area contributed by atoms with Crippen molar-refractivity contribution in [1.82, 2.24) is 0 Å². The highest BCUT2D eigenvalue weighted by Gasteiger charge is 2.06. The van der Waals surface area contributed by atoms with Gasteiger partial charge in [0.15, 0.2) is 0 Å². The highest BCUT2D eigenvalue weighted by Crippen LogP contribution is 2.16. The van der Waals surface area contributed by atoms with E-state index in [-0.39, 0.29) is 11.7 Å². The highest BCUT2D eigenvalue weighted by atomic mass is 16.5. The Morgan fingerprint density at radius 1 is 0.442 bits per heavy atom. The molecule has 0 spiro atoms. The predicted octanol–water partition coefficient (Wildman–Crippen LogP) is 13.9. The first-order valence-corrected chi connectivity index (χ1v) is 19.1. The molecular weight excluding hydrogens is 528 g/mol. The number of phenols is 1. The molecule has 0 atom stereocenters. The summed E-state index contributed by atoms with van der Waals surface area (Å²) in [5, 5.41) is 9.27. The van der Waals surface area contributed by atoms with Gasteiger partial charge in [0.2, 0.25) is 0 Å². The molecule has 0 aliphatic rings. The summed E-state index contributed by atoms with van der Waals surface area (Å²) in [6.45, 7) is 7.14. The molecule has 0 amide bonds. The van der Waals surface area contributed by atoms with Crippen molar-refractivity contribution in [2.45, 2.75) is 207 Å². The van der Waals surface area contributed by atoms with Crippen molar-refractivity contribution in [1.29, 1.82) is 0 Å². The van der Waals surface area contributed by atoms with Crippen molar-refractivity contribution in [3.05, 3.63) is 29.8 Å². The number of hydrogen-bond acceptors (Lipinski definition) is 3. The van der Waals surface area contributed by atoms with E-state index in [0.29, 0.717) is 12.2 Å². The zero-order valence-electron chi connectivity index (χ0n) is 29.3. The minimum Gasteiger partial charge on any atom is -0.508 e. The average Bonchev–Trinajstić information content (AvgIpc) is 3.02. The van der Waals surface area contributed by atoms with Crippen LogP contribution in [0.25, 0.3) is 0 Å². The van der Waals surface area contributed by atoms with Crippen LogP contribution in [0.1, 0.15) is 217 Å². The summed E-state index contributed by atoms with van der Waals surface area (Å²) in [5.74, 6) is -0.137. The lowest BCUT2D eigenvalue weighted by Crippen LogP contribution is -2.06. The van der Waals surface area contributed by atoms with Gasteiger partial charge in [-0.15, -0.1) is 0 Å². The third-order valence-corrected chi connectivity index (χ3v) is 8.58. The van der Waals surface area contributed by atoms with Crippen LogP contribution >= 0.6 is 0 Å². The molecule has 0 fully saturated rings. The van der Waals surface area contributed by atoms with Crippen molar-refractivity contribution in [3.8, 4) is 5.75 Å². The van der Waals surface area contributed by atoms with Gasteiger partial charge in [-0.05, 0) is 30.7 Å². The van der Waals surface area contributed by atoms with Gasteiger partial charge in [0.1, 0.15) is 5.75 Å². The van der Waals surface area contributed by atoms with E-state index in [9.17, 15) is 9.90 Å². The van der Waals surface area contributed by atoms with Crippen LogP contribution in [0.15, 0.2) is 24.3 Å². The SMILES string of the molecule is CCCC.CCCCCCCCCCCCCCCCCCCCCCCCCCCCCOC(=O)c1ccc(O)cc1. The fraction of sp³-hybridized carbons (Fsp3) is 0.825. The van der Waals surface area contributed by atoms with Gasteiger partial charge in [-0.3, -0.25) is 0 Å². The van der Waals surface area contributed by atoms with Gasteiger partial charge in [-0.2, -0.15) is 0 Å². The second-order valence-corrected chi connectivity index (χ2v) is 12.9. The Hall–Kier alpha value is -1.51. The Balaban J connectivity index is 0.00000413. The standard InChI is InChI=1S/C36H64O3.C4H10/c1-2-3-4-5-6-7-8-9-10-11-12-13-14-15-16-17-18-19-20-21-22-23-24-25-26-27-28-33-39-36(38)34-29-31-35(37)32-30-34;1-3-4-2/h29-32,37H,2-28,33H2,1H3;3-4H2,1-2H3. The first-order chi connectivity index (χ1) is 21.2. The summed E-state index contributed by atoms with van der Waals surface area (Å²) < 4.78 is 5.30. The molecular formula is C40H74O3. The largest absolute Gasteiger partial charge is 0.508 e. The van der Waals surface area contributed by atoms with Crippen LogP contribution in [0, 0.1) is 0 Å². The molecule has 0 aliphatic heterocycles. The summed E-state index contributed by atoms with van der Waals surface area (Å²) in [6.07, 6.45) is 40.3. The summed E-state index contributed by atoms with van der Waals surface area (Å²) in [5.41, 5.74) is 0.498. The number of esters is 1. The van der Waals surface area contributed by atoms with Crippen molar-refractivity contribution in [2.24, 2.45) is 0 Å². The molecule has 0 saturated carbocycles. The van der Waals surface area contributed by atoms with E-state index < -0.39 is 0 Å². The van der Waals surface area contributed by atoms with E-state index in [1.54, 1.807) is 12.1 Å². The van der Waals surface area contributed by atoms with Gasteiger partial charge in [0.25, 0.3) is 0 Å².